The number of phenolic OH excluding ortho intramolecular Hbond substituents is 2. The molecule has 32 heavy (non-hydrogen) atoms. The molecule has 0 fully saturated rings. The Kier molecular flexibility index (Phi) is 10.5. The summed E-state index contributed by atoms with van der Waals surface area (Å²) in [5.41, 5.74) is 1.19. The quantitative estimate of drug-likeness (QED) is 0.366. The van der Waals surface area contributed by atoms with Crippen molar-refractivity contribution in [1.29, 1.82) is 0 Å². The van der Waals surface area contributed by atoms with Crippen LogP contribution in [-0.2, 0) is 0 Å². The first-order valence-electron chi connectivity index (χ1n) is 10.6. The number of rotatable bonds is 13. The van der Waals surface area contributed by atoms with E-state index in [2.05, 4.69) is 9.98 Å². The maximum absolute atomic E-state index is 10.0. The molecule has 0 bridgehead atoms. The highest BCUT2D eigenvalue weighted by atomic mass is 16.5. The number of aliphatic imine (C=N–C) groups is 2. The number of nitrogens with zero attached hydrogens (tertiary/aromatic N) is 4. The average Bonchev–Trinajstić information content (AvgIpc) is 2.74. The lowest BCUT2D eigenvalue weighted by Gasteiger charge is -2.11. The number of ether oxygens (including phenoxy) is 2. The summed E-state index contributed by atoms with van der Waals surface area (Å²) in [6, 6.07) is 10.2. The predicted octanol–water partition coefficient (Wildman–Crippen LogP) is 2.52. The van der Waals surface area contributed by atoms with Gasteiger partial charge in [-0.1, -0.05) is 0 Å². The fourth-order valence-electron chi connectivity index (χ4n) is 2.58. The number of hydrogen-bond acceptors (Lipinski definition) is 8. The van der Waals surface area contributed by atoms with Crippen LogP contribution in [0.4, 0.5) is 0 Å². The first kappa shape index (κ1) is 25.2. The molecular weight excluding hydrogens is 408 g/mol. The monoisotopic (exact) mass is 442 g/mol. The van der Waals surface area contributed by atoms with E-state index < -0.39 is 0 Å². The molecule has 0 heterocycles. The van der Waals surface area contributed by atoms with Gasteiger partial charge in [-0.2, -0.15) is 0 Å². The van der Waals surface area contributed by atoms with Gasteiger partial charge in [0.25, 0.3) is 0 Å². The van der Waals surface area contributed by atoms with Crippen LogP contribution < -0.4 is 9.47 Å². The van der Waals surface area contributed by atoms with Crippen LogP contribution >= 0.6 is 0 Å². The van der Waals surface area contributed by atoms with Gasteiger partial charge in [-0.15, -0.1) is 0 Å². The van der Waals surface area contributed by atoms with Crippen molar-refractivity contribution < 1.29 is 19.7 Å². The largest absolute Gasteiger partial charge is 0.507 e. The molecule has 0 saturated heterocycles. The Morgan fingerprint density at radius 1 is 0.719 bits per heavy atom. The van der Waals surface area contributed by atoms with E-state index in [-0.39, 0.29) is 11.5 Å². The number of aromatic hydroxyl groups is 2. The lowest BCUT2D eigenvalue weighted by atomic mass is 10.2. The molecule has 0 saturated carbocycles. The Hall–Kier alpha value is -3.10. The minimum Gasteiger partial charge on any atom is -0.507 e. The molecule has 8 nitrogen and oxygen atoms in total. The van der Waals surface area contributed by atoms with Crippen molar-refractivity contribution in [3.05, 3.63) is 47.5 Å². The summed E-state index contributed by atoms with van der Waals surface area (Å²) < 4.78 is 11.4. The van der Waals surface area contributed by atoms with Crippen molar-refractivity contribution in [2.75, 3.05) is 67.6 Å². The maximum Gasteiger partial charge on any atom is 0.124 e. The van der Waals surface area contributed by atoms with E-state index in [0.717, 1.165) is 13.1 Å². The van der Waals surface area contributed by atoms with Gasteiger partial charge in [-0.3, -0.25) is 9.98 Å². The Labute approximate surface area is 190 Å². The third-order valence-electron chi connectivity index (χ3n) is 4.43. The van der Waals surface area contributed by atoms with Crippen molar-refractivity contribution in [3.8, 4) is 23.0 Å². The minimum atomic E-state index is 0.146. The Bertz CT molecular complexity index is 824. The third-order valence-corrected chi connectivity index (χ3v) is 4.43. The molecule has 0 amide bonds. The van der Waals surface area contributed by atoms with Crippen LogP contribution in [-0.4, -0.2) is 100 Å². The van der Waals surface area contributed by atoms with Crippen molar-refractivity contribution in [2.45, 2.75) is 0 Å². The van der Waals surface area contributed by atoms with Crippen LogP contribution in [0.3, 0.4) is 0 Å². The molecule has 8 heteroatoms. The zero-order valence-electron chi connectivity index (χ0n) is 19.4. The molecule has 0 unspecified atom stereocenters. The van der Waals surface area contributed by atoms with Gasteiger partial charge < -0.3 is 29.5 Å². The molecule has 0 atom stereocenters. The lowest BCUT2D eigenvalue weighted by Crippen LogP contribution is -2.19. The second kappa shape index (κ2) is 13.3. The van der Waals surface area contributed by atoms with Gasteiger partial charge in [0, 0.05) is 36.6 Å². The molecule has 0 spiro atoms. The summed E-state index contributed by atoms with van der Waals surface area (Å²) in [4.78, 5) is 12.7. The van der Waals surface area contributed by atoms with Crippen molar-refractivity contribution in [1.82, 2.24) is 9.80 Å². The molecule has 174 valence electrons. The zero-order chi connectivity index (χ0) is 23.3. The standard InChI is InChI=1S/C24H34N4O4/c1-27(2)11-13-31-21-5-7-23(29)19(15-21)17-25-9-10-26-18-20-16-22(6-8-24(20)30)32-14-12-28(3)4/h5-8,15-18,29-30H,9-14H2,1-4H3. The Morgan fingerprint density at radius 2 is 1.12 bits per heavy atom. The molecule has 0 aromatic heterocycles. The van der Waals surface area contributed by atoms with Crippen LogP contribution in [0.2, 0.25) is 0 Å². The van der Waals surface area contributed by atoms with Crippen LogP contribution in [0.15, 0.2) is 46.4 Å². The fraction of sp³-hybridized carbons (Fsp3) is 0.417. The van der Waals surface area contributed by atoms with Crippen LogP contribution in [0.1, 0.15) is 11.1 Å². The molecule has 0 aliphatic carbocycles. The van der Waals surface area contributed by atoms with E-state index in [4.69, 9.17) is 9.47 Å². The molecule has 2 rings (SSSR count). The summed E-state index contributed by atoms with van der Waals surface area (Å²) in [5, 5.41) is 20.0. The van der Waals surface area contributed by atoms with Gasteiger partial charge >= 0.3 is 0 Å². The number of phenols is 2. The third kappa shape index (κ3) is 9.36. The molecule has 0 aliphatic rings. The topological polar surface area (TPSA) is 90.1 Å². The summed E-state index contributed by atoms with van der Waals surface area (Å²) >= 11 is 0. The van der Waals surface area contributed by atoms with Gasteiger partial charge in [0.05, 0.1) is 13.1 Å². The van der Waals surface area contributed by atoms with Crippen LogP contribution in [0, 0.1) is 0 Å². The predicted molar refractivity (Wildman–Crippen MR) is 129 cm³/mol. The highest BCUT2D eigenvalue weighted by Crippen LogP contribution is 2.22. The summed E-state index contributed by atoms with van der Waals surface area (Å²) in [6.07, 6.45) is 3.22. The van der Waals surface area contributed by atoms with Gasteiger partial charge in [0.15, 0.2) is 0 Å². The molecular formula is C24H34N4O4. The van der Waals surface area contributed by atoms with Gasteiger partial charge in [-0.05, 0) is 64.6 Å². The Morgan fingerprint density at radius 3 is 1.50 bits per heavy atom. The van der Waals surface area contributed by atoms with E-state index >= 15 is 0 Å². The first-order chi connectivity index (χ1) is 15.3. The van der Waals surface area contributed by atoms with Crippen LogP contribution in [0.5, 0.6) is 23.0 Å². The zero-order valence-corrected chi connectivity index (χ0v) is 19.4. The second-order valence-corrected chi connectivity index (χ2v) is 7.82. The van der Waals surface area contributed by atoms with Crippen molar-refractivity contribution >= 4 is 12.4 Å². The van der Waals surface area contributed by atoms with E-state index in [1.54, 1.807) is 48.8 Å². The Balaban J connectivity index is 1.85. The number of hydrogen-bond donors (Lipinski definition) is 2. The smallest absolute Gasteiger partial charge is 0.124 e. The van der Waals surface area contributed by atoms with E-state index in [0.29, 0.717) is 48.9 Å². The van der Waals surface area contributed by atoms with Gasteiger partial charge in [0.2, 0.25) is 0 Å². The number of likely N-dealkylation sites (N-methyl/N-ethyl adjacent to an activating group) is 2. The maximum atomic E-state index is 10.0. The van der Waals surface area contributed by atoms with Gasteiger partial charge in [-0.25, -0.2) is 0 Å². The summed E-state index contributed by atoms with van der Waals surface area (Å²) in [6.45, 7) is 3.64. The SMILES string of the molecule is CN(C)CCOc1ccc(O)c(C=NCCN=Cc2cc(OCCN(C)C)ccc2O)c1. The van der Waals surface area contributed by atoms with E-state index in [1.165, 1.54) is 0 Å². The van der Waals surface area contributed by atoms with Crippen molar-refractivity contribution in [3.63, 3.8) is 0 Å². The van der Waals surface area contributed by atoms with Gasteiger partial charge in [0.1, 0.15) is 36.2 Å². The highest BCUT2D eigenvalue weighted by molar-refractivity contribution is 5.84. The summed E-state index contributed by atoms with van der Waals surface area (Å²) in [5.74, 6) is 1.67. The fourth-order valence-corrected chi connectivity index (χ4v) is 2.58. The second-order valence-electron chi connectivity index (χ2n) is 7.82. The first-order valence-corrected chi connectivity index (χ1v) is 10.6. The van der Waals surface area contributed by atoms with E-state index in [9.17, 15) is 10.2 Å². The normalized spacial score (nSPS) is 11.8. The van der Waals surface area contributed by atoms with E-state index in [1.807, 2.05) is 38.0 Å². The van der Waals surface area contributed by atoms with Crippen LogP contribution in [0.25, 0.3) is 0 Å². The average molecular weight is 443 g/mol. The lowest BCUT2D eigenvalue weighted by molar-refractivity contribution is 0.261. The summed E-state index contributed by atoms with van der Waals surface area (Å²) in [7, 11) is 7.94. The highest BCUT2D eigenvalue weighted by Gasteiger charge is 2.03. The van der Waals surface area contributed by atoms with Crippen molar-refractivity contribution in [2.24, 2.45) is 9.98 Å². The molecule has 2 N–H and O–H groups in total. The minimum absolute atomic E-state index is 0.146. The number of benzene rings is 2. The molecule has 0 aliphatic heterocycles. The molecule has 2 aromatic carbocycles. The molecule has 0 radical (unpaired) electrons. The molecule has 2 aromatic rings.